The fraction of sp³-hybridized carbons (Fsp3) is 0.881. The molecule has 0 saturated carbocycles. The molecule has 12 heteroatoms. The summed E-state index contributed by atoms with van der Waals surface area (Å²) in [4.78, 5) is 64.4. The molecule has 0 aliphatic carbocycles. The first kappa shape index (κ1) is 72.3. The number of ether oxygens (including phenoxy) is 2. The molecule has 2 aliphatic heterocycles. The molecule has 0 aromatic carbocycles. The standard InChI is InChI=1S/C67H126N6O6/c1-7-9-11-13-15-17-19-21-23-25-27-29-31-34-38-44-62(74)72(50-42-48-70-52-56-78-57-53-70)64(60(3)4)66(76)68-46-40-36-33-37-41-47-69-67(77)65(61(5)6)73(51-43-49-71-54-58-79-59-55-71)63(75)45-39-35-32-30-28-26-24-22-20-18-16-14-12-10-8-2/h21-24,60-61,64-65H,7-20,25-59H2,1-6H3,(H,68,76)(H,69,77)/b23-21-,24-22-. The van der Waals surface area contributed by atoms with E-state index in [1.165, 1.54) is 116 Å². The zero-order valence-corrected chi connectivity index (χ0v) is 52.5. The van der Waals surface area contributed by atoms with E-state index < -0.39 is 12.1 Å². The predicted octanol–water partition coefficient (Wildman–Crippen LogP) is 14.4. The molecular formula is C67H126N6O6. The third-order valence-corrected chi connectivity index (χ3v) is 16.3. The molecule has 0 aromatic heterocycles. The average molecular weight is 1110 g/mol. The number of carbonyl (C=O) groups excluding carboxylic acids is 4. The topological polar surface area (TPSA) is 124 Å². The van der Waals surface area contributed by atoms with Crippen molar-refractivity contribution in [2.45, 2.75) is 278 Å². The third kappa shape index (κ3) is 37.8. The number of nitrogens with zero attached hydrogens (tertiary/aromatic N) is 4. The van der Waals surface area contributed by atoms with Crippen LogP contribution in [0.5, 0.6) is 0 Å². The van der Waals surface area contributed by atoms with E-state index in [1.54, 1.807) is 0 Å². The van der Waals surface area contributed by atoms with Crippen LogP contribution in [0.1, 0.15) is 266 Å². The first-order chi connectivity index (χ1) is 38.6. The second-order valence-electron chi connectivity index (χ2n) is 24.2. The molecule has 2 rings (SSSR count). The minimum absolute atomic E-state index is 0.00392. The highest BCUT2D eigenvalue weighted by atomic mass is 16.5. The van der Waals surface area contributed by atoms with Gasteiger partial charge in [-0.05, 0) is 102 Å². The lowest BCUT2D eigenvalue weighted by Crippen LogP contribution is -2.53. The molecule has 0 radical (unpaired) electrons. The fourth-order valence-electron chi connectivity index (χ4n) is 11.4. The number of allylic oxidation sites excluding steroid dienone is 4. The van der Waals surface area contributed by atoms with E-state index in [9.17, 15) is 19.2 Å². The van der Waals surface area contributed by atoms with Gasteiger partial charge in [0.25, 0.3) is 0 Å². The van der Waals surface area contributed by atoms with Gasteiger partial charge in [-0.3, -0.25) is 29.0 Å². The molecule has 2 saturated heterocycles. The largest absolute Gasteiger partial charge is 0.379 e. The second-order valence-corrected chi connectivity index (χ2v) is 24.2. The monoisotopic (exact) mass is 1110 g/mol. The molecule has 0 aromatic rings. The molecule has 460 valence electrons. The van der Waals surface area contributed by atoms with E-state index in [1.807, 2.05) is 9.80 Å². The van der Waals surface area contributed by atoms with Crippen LogP contribution in [0.4, 0.5) is 0 Å². The van der Waals surface area contributed by atoms with Crippen molar-refractivity contribution in [3.63, 3.8) is 0 Å². The van der Waals surface area contributed by atoms with Crippen LogP contribution in [0.3, 0.4) is 0 Å². The van der Waals surface area contributed by atoms with Gasteiger partial charge in [0, 0.05) is 78.3 Å². The van der Waals surface area contributed by atoms with Crippen molar-refractivity contribution in [2.75, 3.05) is 91.9 Å². The minimum atomic E-state index is -0.485. The molecule has 2 unspecified atom stereocenters. The Morgan fingerprint density at radius 1 is 0.405 bits per heavy atom. The Morgan fingerprint density at radius 3 is 1.01 bits per heavy atom. The number of unbranched alkanes of at least 4 members (excludes halogenated alkanes) is 26. The number of amides is 4. The van der Waals surface area contributed by atoms with Crippen LogP contribution < -0.4 is 10.6 Å². The van der Waals surface area contributed by atoms with Gasteiger partial charge in [-0.15, -0.1) is 0 Å². The van der Waals surface area contributed by atoms with Gasteiger partial charge in [-0.1, -0.05) is 188 Å². The molecule has 12 nitrogen and oxygen atoms in total. The third-order valence-electron chi connectivity index (χ3n) is 16.3. The van der Waals surface area contributed by atoms with Crippen molar-refractivity contribution >= 4 is 23.6 Å². The van der Waals surface area contributed by atoms with Crippen LogP contribution in [0, 0.1) is 11.8 Å². The van der Waals surface area contributed by atoms with Crippen molar-refractivity contribution in [2.24, 2.45) is 11.8 Å². The van der Waals surface area contributed by atoms with Gasteiger partial charge in [0.15, 0.2) is 0 Å². The van der Waals surface area contributed by atoms with Crippen LogP contribution in [-0.4, -0.2) is 147 Å². The number of morpholine rings is 2. The van der Waals surface area contributed by atoms with Crippen molar-refractivity contribution in [1.29, 1.82) is 0 Å². The molecule has 2 heterocycles. The van der Waals surface area contributed by atoms with Gasteiger partial charge >= 0.3 is 0 Å². The van der Waals surface area contributed by atoms with Gasteiger partial charge in [-0.2, -0.15) is 0 Å². The second kappa shape index (κ2) is 50.9. The van der Waals surface area contributed by atoms with Crippen molar-refractivity contribution < 1.29 is 28.7 Å². The number of rotatable bonds is 52. The van der Waals surface area contributed by atoms with E-state index in [2.05, 4.69) is 86.3 Å². The van der Waals surface area contributed by atoms with Crippen LogP contribution in [0.25, 0.3) is 0 Å². The maximum atomic E-state index is 14.0. The van der Waals surface area contributed by atoms with E-state index >= 15 is 0 Å². The summed E-state index contributed by atoms with van der Waals surface area (Å²) in [6.07, 6.45) is 48.7. The highest BCUT2D eigenvalue weighted by Gasteiger charge is 2.33. The number of hydrogen-bond donors (Lipinski definition) is 2. The van der Waals surface area contributed by atoms with Crippen molar-refractivity contribution in [3.8, 4) is 0 Å². The first-order valence-corrected chi connectivity index (χ1v) is 33.6. The summed E-state index contributed by atoms with van der Waals surface area (Å²) in [6.45, 7) is 23.7. The van der Waals surface area contributed by atoms with E-state index in [0.717, 1.165) is 162 Å². The van der Waals surface area contributed by atoms with Crippen LogP contribution in [0.15, 0.2) is 24.3 Å². The quantitative estimate of drug-likeness (QED) is 0.0456. The van der Waals surface area contributed by atoms with E-state index in [4.69, 9.17) is 9.47 Å². The van der Waals surface area contributed by atoms with Gasteiger partial charge in [0.2, 0.25) is 23.6 Å². The summed E-state index contributed by atoms with van der Waals surface area (Å²) in [5.74, 6) is 0.147. The van der Waals surface area contributed by atoms with E-state index in [0.29, 0.717) is 39.0 Å². The molecule has 4 amide bonds. The Bertz CT molecular complexity index is 1420. The number of hydrogen-bond acceptors (Lipinski definition) is 8. The summed E-state index contributed by atoms with van der Waals surface area (Å²) in [5, 5.41) is 6.45. The summed E-state index contributed by atoms with van der Waals surface area (Å²) in [6, 6.07) is -0.969. The van der Waals surface area contributed by atoms with Crippen LogP contribution >= 0.6 is 0 Å². The van der Waals surface area contributed by atoms with E-state index in [-0.39, 0.29) is 35.5 Å². The summed E-state index contributed by atoms with van der Waals surface area (Å²) in [5.41, 5.74) is 0. The Kier molecular flexibility index (Phi) is 46.6. The number of nitrogens with one attached hydrogen (secondary N) is 2. The van der Waals surface area contributed by atoms with Crippen molar-refractivity contribution in [3.05, 3.63) is 24.3 Å². The molecule has 79 heavy (non-hydrogen) atoms. The SMILES string of the molecule is CCCCCCCC/C=C\CCCCCCCC(=O)N(CCCN1CCOCC1)C(C(=O)NCCCCCCCNC(=O)C(C(C)C)N(CCCN1CCOCC1)C(=O)CCCCCCC/C=C\CCCCCCCC)C(C)C. The smallest absolute Gasteiger partial charge is 0.243 e. The predicted molar refractivity (Wildman–Crippen MR) is 332 cm³/mol. The average Bonchev–Trinajstić information content (AvgIpc) is 3.45. The van der Waals surface area contributed by atoms with Gasteiger partial charge in [0.1, 0.15) is 12.1 Å². The van der Waals surface area contributed by atoms with Gasteiger partial charge < -0.3 is 29.9 Å². The maximum absolute atomic E-state index is 14.0. The molecule has 2 fully saturated rings. The summed E-state index contributed by atoms with van der Waals surface area (Å²) in [7, 11) is 0. The highest BCUT2D eigenvalue weighted by Crippen LogP contribution is 2.20. The molecule has 2 atom stereocenters. The first-order valence-electron chi connectivity index (χ1n) is 33.6. The zero-order valence-electron chi connectivity index (χ0n) is 52.5. The normalized spacial score (nSPS) is 15.4. The molecule has 2 N–H and O–H groups in total. The Labute approximate surface area is 486 Å². The summed E-state index contributed by atoms with van der Waals surface area (Å²) < 4.78 is 11.1. The van der Waals surface area contributed by atoms with Crippen LogP contribution in [-0.2, 0) is 28.7 Å². The molecule has 0 bridgehead atoms. The molecule has 0 spiro atoms. The molecule has 2 aliphatic rings. The van der Waals surface area contributed by atoms with Crippen LogP contribution in [0.2, 0.25) is 0 Å². The fourth-order valence-corrected chi connectivity index (χ4v) is 11.4. The van der Waals surface area contributed by atoms with Gasteiger partial charge in [0.05, 0.1) is 26.4 Å². The Hall–Kier alpha value is -2.80. The minimum Gasteiger partial charge on any atom is -0.379 e. The lowest BCUT2D eigenvalue weighted by molar-refractivity contribution is -0.142. The zero-order chi connectivity index (χ0) is 57.2. The maximum Gasteiger partial charge on any atom is 0.243 e. The number of carbonyl (C=O) groups is 4. The molecular weight excluding hydrogens is 985 g/mol. The summed E-state index contributed by atoms with van der Waals surface area (Å²) >= 11 is 0. The highest BCUT2D eigenvalue weighted by molar-refractivity contribution is 5.88. The lowest BCUT2D eigenvalue weighted by atomic mass is 9.99. The Balaban J connectivity index is 1.78. The lowest BCUT2D eigenvalue weighted by Gasteiger charge is -2.35. The van der Waals surface area contributed by atoms with Gasteiger partial charge in [-0.25, -0.2) is 0 Å². The Morgan fingerprint density at radius 2 is 0.696 bits per heavy atom. The van der Waals surface area contributed by atoms with Crippen molar-refractivity contribution in [1.82, 2.24) is 30.2 Å².